The maximum absolute atomic E-state index is 12.0. The van der Waals surface area contributed by atoms with Gasteiger partial charge in [-0.2, -0.15) is 0 Å². The Balaban J connectivity index is 1.86. The van der Waals surface area contributed by atoms with E-state index < -0.39 is 11.8 Å². The molecule has 1 saturated carbocycles. The number of rotatable bonds is 2. The van der Waals surface area contributed by atoms with Crippen molar-refractivity contribution in [3.8, 4) is 0 Å². The van der Waals surface area contributed by atoms with E-state index in [2.05, 4.69) is 10.6 Å². The molecule has 19 heavy (non-hydrogen) atoms. The van der Waals surface area contributed by atoms with E-state index in [1.807, 2.05) is 13.8 Å². The molecule has 6 nitrogen and oxygen atoms in total. The van der Waals surface area contributed by atoms with Crippen molar-refractivity contribution in [1.82, 2.24) is 15.5 Å². The van der Waals surface area contributed by atoms with Crippen molar-refractivity contribution in [2.24, 2.45) is 5.41 Å². The zero-order valence-electron chi connectivity index (χ0n) is 11.9. The van der Waals surface area contributed by atoms with E-state index in [0.29, 0.717) is 13.1 Å². The standard InChI is InChI=1S/C13H23N3O3/c1-13(2)9(8-10(13)19-3)15-11(17)12(18)16-6-4-14-5-7-16/h9-10,14H,4-8H2,1-3H3,(H,15,17). The van der Waals surface area contributed by atoms with Crippen molar-refractivity contribution in [1.29, 1.82) is 0 Å². The fraction of sp³-hybridized carbons (Fsp3) is 0.846. The molecule has 1 heterocycles. The molecule has 2 atom stereocenters. The first kappa shape index (κ1) is 14.3. The second kappa shape index (κ2) is 5.46. The van der Waals surface area contributed by atoms with E-state index in [-0.39, 0.29) is 17.6 Å². The highest BCUT2D eigenvalue weighted by molar-refractivity contribution is 6.35. The first-order valence-electron chi connectivity index (χ1n) is 6.80. The van der Waals surface area contributed by atoms with Crippen LogP contribution in [0.15, 0.2) is 0 Å². The van der Waals surface area contributed by atoms with Crippen molar-refractivity contribution in [2.75, 3.05) is 33.3 Å². The smallest absolute Gasteiger partial charge is 0.311 e. The molecular formula is C13H23N3O3. The molecule has 0 aromatic heterocycles. The van der Waals surface area contributed by atoms with Gasteiger partial charge in [-0.3, -0.25) is 9.59 Å². The first-order chi connectivity index (χ1) is 8.96. The van der Waals surface area contributed by atoms with Gasteiger partial charge in [0.2, 0.25) is 0 Å². The normalized spacial score (nSPS) is 29.5. The number of hydrogen-bond donors (Lipinski definition) is 2. The second-order valence-corrected chi connectivity index (χ2v) is 5.85. The van der Waals surface area contributed by atoms with Gasteiger partial charge in [-0.25, -0.2) is 0 Å². The molecule has 2 fully saturated rings. The molecule has 6 heteroatoms. The van der Waals surface area contributed by atoms with Gasteiger partial charge < -0.3 is 20.3 Å². The van der Waals surface area contributed by atoms with Crippen molar-refractivity contribution in [2.45, 2.75) is 32.4 Å². The molecule has 2 aliphatic rings. The van der Waals surface area contributed by atoms with Crippen LogP contribution in [0, 0.1) is 5.41 Å². The van der Waals surface area contributed by atoms with Crippen molar-refractivity contribution < 1.29 is 14.3 Å². The third-order valence-corrected chi connectivity index (χ3v) is 4.37. The summed E-state index contributed by atoms with van der Waals surface area (Å²) in [4.78, 5) is 25.6. The molecular weight excluding hydrogens is 246 g/mol. The Morgan fingerprint density at radius 3 is 2.47 bits per heavy atom. The second-order valence-electron chi connectivity index (χ2n) is 5.85. The van der Waals surface area contributed by atoms with Gasteiger partial charge in [0.25, 0.3) is 0 Å². The van der Waals surface area contributed by atoms with Gasteiger partial charge in [-0.1, -0.05) is 13.8 Å². The molecule has 0 aromatic carbocycles. The Hall–Kier alpha value is -1.14. The zero-order chi connectivity index (χ0) is 14.0. The number of carbonyl (C=O) groups excluding carboxylic acids is 2. The Kier molecular flexibility index (Phi) is 4.10. The lowest BCUT2D eigenvalue weighted by Crippen LogP contribution is -2.63. The van der Waals surface area contributed by atoms with Gasteiger partial charge in [0.1, 0.15) is 0 Å². The Bertz CT molecular complexity index is 364. The number of hydrogen-bond acceptors (Lipinski definition) is 4. The molecule has 1 aliphatic carbocycles. The van der Waals surface area contributed by atoms with Crippen molar-refractivity contribution in [3.05, 3.63) is 0 Å². The highest BCUT2D eigenvalue weighted by Gasteiger charge is 2.49. The van der Waals surface area contributed by atoms with Crippen LogP contribution < -0.4 is 10.6 Å². The fourth-order valence-corrected chi connectivity index (χ4v) is 2.76. The van der Waals surface area contributed by atoms with E-state index in [0.717, 1.165) is 19.5 Å². The number of amides is 2. The monoisotopic (exact) mass is 269 g/mol. The average Bonchev–Trinajstić information content (AvgIpc) is 2.42. The maximum atomic E-state index is 12.0. The van der Waals surface area contributed by atoms with Crippen LogP contribution in [0.3, 0.4) is 0 Å². The lowest BCUT2D eigenvalue weighted by atomic mass is 9.64. The van der Waals surface area contributed by atoms with Crippen LogP contribution in [-0.2, 0) is 14.3 Å². The Morgan fingerprint density at radius 2 is 1.95 bits per heavy atom. The average molecular weight is 269 g/mol. The molecule has 2 unspecified atom stereocenters. The summed E-state index contributed by atoms with van der Waals surface area (Å²) in [5, 5.41) is 5.99. The largest absolute Gasteiger partial charge is 0.381 e. The van der Waals surface area contributed by atoms with Crippen LogP contribution in [0.25, 0.3) is 0 Å². The summed E-state index contributed by atoms with van der Waals surface area (Å²) in [6.07, 6.45) is 0.913. The number of methoxy groups -OCH3 is 1. The van der Waals surface area contributed by atoms with Gasteiger partial charge in [0.15, 0.2) is 0 Å². The number of carbonyl (C=O) groups is 2. The van der Waals surface area contributed by atoms with E-state index in [9.17, 15) is 9.59 Å². The molecule has 1 saturated heterocycles. The SMILES string of the molecule is COC1CC(NC(=O)C(=O)N2CCNCC2)C1(C)C. The van der Waals surface area contributed by atoms with Crippen LogP contribution in [0.5, 0.6) is 0 Å². The number of ether oxygens (including phenoxy) is 1. The minimum atomic E-state index is -0.491. The predicted octanol–water partition coefficient (Wildman–Crippen LogP) is -0.652. The molecule has 0 aromatic rings. The highest BCUT2D eigenvalue weighted by atomic mass is 16.5. The van der Waals surface area contributed by atoms with Gasteiger partial charge in [0, 0.05) is 44.7 Å². The van der Waals surface area contributed by atoms with Crippen molar-refractivity contribution >= 4 is 11.8 Å². The topological polar surface area (TPSA) is 70.7 Å². The molecule has 0 radical (unpaired) electrons. The summed E-state index contributed by atoms with van der Waals surface area (Å²) in [7, 11) is 1.68. The summed E-state index contributed by atoms with van der Waals surface area (Å²) < 4.78 is 5.34. The predicted molar refractivity (Wildman–Crippen MR) is 70.6 cm³/mol. The maximum Gasteiger partial charge on any atom is 0.311 e. The third kappa shape index (κ3) is 2.74. The van der Waals surface area contributed by atoms with Gasteiger partial charge >= 0.3 is 11.8 Å². The molecule has 1 aliphatic heterocycles. The lowest BCUT2D eigenvalue weighted by Gasteiger charge is -2.51. The van der Waals surface area contributed by atoms with Gasteiger partial charge in [-0.05, 0) is 6.42 Å². The zero-order valence-corrected chi connectivity index (χ0v) is 11.9. The number of nitrogens with one attached hydrogen (secondary N) is 2. The van der Waals surface area contributed by atoms with E-state index >= 15 is 0 Å². The molecule has 0 bridgehead atoms. The quantitative estimate of drug-likeness (QED) is 0.654. The van der Waals surface area contributed by atoms with E-state index in [1.54, 1.807) is 12.0 Å². The van der Waals surface area contributed by atoms with Crippen LogP contribution in [0.4, 0.5) is 0 Å². The van der Waals surface area contributed by atoms with Crippen LogP contribution in [0.1, 0.15) is 20.3 Å². The van der Waals surface area contributed by atoms with Crippen LogP contribution in [-0.4, -0.2) is 62.1 Å². The van der Waals surface area contributed by atoms with Crippen LogP contribution >= 0.6 is 0 Å². The molecule has 0 spiro atoms. The highest BCUT2D eigenvalue weighted by Crippen LogP contribution is 2.42. The first-order valence-corrected chi connectivity index (χ1v) is 6.80. The van der Waals surface area contributed by atoms with Crippen molar-refractivity contribution in [3.63, 3.8) is 0 Å². The van der Waals surface area contributed by atoms with E-state index in [4.69, 9.17) is 4.74 Å². The number of nitrogens with zero attached hydrogens (tertiary/aromatic N) is 1. The van der Waals surface area contributed by atoms with Crippen LogP contribution in [0.2, 0.25) is 0 Å². The molecule has 2 N–H and O–H groups in total. The summed E-state index contributed by atoms with van der Waals surface area (Å²) >= 11 is 0. The van der Waals surface area contributed by atoms with E-state index in [1.165, 1.54) is 0 Å². The summed E-state index contributed by atoms with van der Waals surface area (Å²) in [5.41, 5.74) is -0.117. The third-order valence-electron chi connectivity index (χ3n) is 4.37. The Morgan fingerprint density at radius 1 is 1.32 bits per heavy atom. The Labute approximate surface area is 113 Å². The lowest BCUT2D eigenvalue weighted by molar-refractivity contribution is -0.151. The minimum absolute atomic E-state index is 0.0109. The summed E-state index contributed by atoms with van der Waals surface area (Å²) in [6.45, 7) is 6.79. The van der Waals surface area contributed by atoms with Gasteiger partial charge in [0.05, 0.1) is 6.10 Å². The fourth-order valence-electron chi connectivity index (χ4n) is 2.76. The molecule has 2 amide bonds. The molecule has 108 valence electrons. The van der Waals surface area contributed by atoms with Gasteiger partial charge in [-0.15, -0.1) is 0 Å². The minimum Gasteiger partial charge on any atom is -0.381 e. The molecule has 2 rings (SSSR count). The summed E-state index contributed by atoms with van der Waals surface area (Å²) in [5.74, 6) is -0.910. The number of piperazine rings is 1. The summed E-state index contributed by atoms with van der Waals surface area (Å²) in [6, 6.07) is 0.0109.